The molecule has 2 aromatic rings. The van der Waals surface area contributed by atoms with Gasteiger partial charge in [-0.2, -0.15) is 0 Å². The number of nitro benzene ring substituents is 1. The highest BCUT2D eigenvalue weighted by Crippen LogP contribution is 2.36. The number of aromatic nitrogens is 1. The van der Waals surface area contributed by atoms with Crippen molar-refractivity contribution in [3.8, 4) is 11.5 Å². The maximum Gasteiger partial charge on any atom is 0.286 e. The third-order valence-electron chi connectivity index (χ3n) is 4.84. The zero-order chi connectivity index (χ0) is 19.5. The summed E-state index contributed by atoms with van der Waals surface area (Å²) in [6, 6.07) is 2.64. The summed E-state index contributed by atoms with van der Waals surface area (Å²) in [5, 5.41) is 15.2. The third-order valence-corrected chi connectivity index (χ3v) is 6.06. The minimum atomic E-state index is -0.576. The largest absolute Gasteiger partial charge is 0.486 e. The molecule has 4 rings (SSSR count). The summed E-state index contributed by atoms with van der Waals surface area (Å²) in [4.78, 5) is 29.4. The smallest absolute Gasteiger partial charge is 0.286 e. The van der Waals surface area contributed by atoms with E-state index in [0.717, 1.165) is 30.7 Å². The number of benzene rings is 1. The Hall–Kier alpha value is -2.68. The Morgan fingerprint density at radius 1 is 1.21 bits per heavy atom. The highest BCUT2D eigenvalue weighted by atomic mass is 32.1. The van der Waals surface area contributed by atoms with Gasteiger partial charge in [-0.25, -0.2) is 4.98 Å². The number of aryl methyl sites for hydroxylation is 3. The Labute approximate surface area is 166 Å². The van der Waals surface area contributed by atoms with Crippen LogP contribution in [0, 0.1) is 10.1 Å². The van der Waals surface area contributed by atoms with Gasteiger partial charge in [0.15, 0.2) is 11.5 Å². The van der Waals surface area contributed by atoms with Gasteiger partial charge >= 0.3 is 0 Å². The summed E-state index contributed by atoms with van der Waals surface area (Å²) in [5.74, 6) is 0.166. The number of nitrogens with one attached hydrogen (secondary N) is 1. The minimum Gasteiger partial charge on any atom is -0.486 e. The monoisotopic (exact) mass is 403 g/mol. The van der Waals surface area contributed by atoms with Crippen molar-refractivity contribution in [2.45, 2.75) is 38.5 Å². The van der Waals surface area contributed by atoms with Crippen molar-refractivity contribution in [3.63, 3.8) is 0 Å². The van der Waals surface area contributed by atoms with E-state index >= 15 is 0 Å². The summed E-state index contributed by atoms with van der Waals surface area (Å²) in [5.41, 5.74) is 0.940. The van der Waals surface area contributed by atoms with E-state index in [4.69, 9.17) is 14.5 Å². The average molecular weight is 403 g/mol. The van der Waals surface area contributed by atoms with Gasteiger partial charge in [-0.15, -0.1) is 11.3 Å². The number of carbonyl (C=O) groups is 1. The van der Waals surface area contributed by atoms with Crippen molar-refractivity contribution in [1.82, 2.24) is 10.3 Å². The molecular weight excluding hydrogens is 382 g/mol. The molecule has 9 heteroatoms. The normalized spacial score (nSPS) is 15.0. The lowest BCUT2D eigenvalue weighted by atomic mass is 10.0. The molecule has 1 aromatic carbocycles. The molecule has 2 aliphatic rings. The Morgan fingerprint density at radius 3 is 2.71 bits per heavy atom. The molecule has 0 saturated carbocycles. The summed E-state index contributed by atoms with van der Waals surface area (Å²) < 4.78 is 10.8. The molecule has 1 N–H and O–H groups in total. The van der Waals surface area contributed by atoms with Gasteiger partial charge in [0.1, 0.15) is 18.8 Å². The van der Waals surface area contributed by atoms with Crippen molar-refractivity contribution in [3.05, 3.63) is 43.4 Å². The first-order valence-electron chi connectivity index (χ1n) is 9.45. The van der Waals surface area contributed by atoms with Gasteiger partial charge in [-0.1, -0.05) is 0 Å². The number of hydrogen-bond donors (Lipinski definition) is 1. The van der Waals surface area contributed by atoms with Gasteiger partial charge in [0.05, 0.1) is 21.7 Å². The molecule has 0 bridgehead atoms. The SMILES string of the molecule is O=C(NCCCc1nc2c(s1)CCCC2)c1cc2c(cc1[N+](=O)[O-])OCCO2. The van der Waals surface area contributed by atoms with Crippen molar-refractivity contribution < 1.29 is 19.2 Å². The van der Waals surface area contributed by atoms with E-state index in [-0.39, 0.29) is 11.3 Å². The van der Waals surface area contributed by atoms with Gasteiger partial charge in [-0.05, 0) is 32.1 Å². The van der Waals surface area contributed by atoms with Crippen LogP contribution in [0.25, 0.3) is 0 Å². The molecule has 2 heterocycles. The zero-order valence-electron chi connectivity index (χ0n) is 15.4. The standard InChI is InChI=1S/C19H21N3O5S/c23-19(12-10-15-16(27-9-8-26-15)11-14(12)22(24)25)20-7-3-6-18-21-13-4-1-2-5-17(13)28-18/h10-11H,1-9H2,(H,20,23). The predicted molar refractivity (Wildman–Crippen MR) is 103 cm³/mol. The molecule has 0 unspecified atom stereocenters. The first-order chi connectivity index (χ1) is 13.6. The van der Waals surface area contributed by atoms with E-state index in [1.807, 2.05) is 0 Å². The molecule has 148 valence electrons. The van der Waals surface area contributed by atoms with Crippen LogP contribution in [0.3, 0.4) is 0 Å². The lowest BCUT2D eigenvalue weighted by Crippen LogP contribution is -2.26. The number of fused-ring (bicyclic) bond motifs is 2. The topological polar surface area (TPSA) is 104 Å². The van der Waals surface area contributed by atoms with Crippen molar-refractivity contribution >= 4 is 22.9 Å². The van der Waals surface area contributed by atoms with Gasteiger partial charge in [0.2, 0.25) is 0 Å². The Balaban J connectivity index is 1.37. The fourth-order valence-corrected chi connectivity index (χ4v) is 4.66. The predicted octanol–water partition coefficient (Wildman–Crippen LogP) is 3.06. The Bertz CT molecular complexity index is 888. The van der Waals surface area contributed by atoms with Gasteiger partial charge in [0.25, 0.3) is 11.6 Å². The number of nitro groups is 1. The highest BCUT2D eigenvalue weighted by molar-refractivity contribution is 7.11. The molecule has 1 aliphatic heterocycles. The van der Waals surface area contributed by atoms with Crippen LogP contribution in [0.1, 0.15) is 45.2 Å². The van der Waals surface area contributed by atoms with Crippen LogP contribution in [-0.2, 0) is 19.3 Å². The lowest BCUT2D eigenvalue weighted by molar-refractivity contribution is -0.385. The van der Waals surface area contributed by atoms with E-state index in [2.05, 4.69) is 5.32 Å². The van der Waals surface area contributed by atoms with Crippen molar-refractivity contribution in [2.24, 2.45) is 0 Å². The molecular formula is C19H21N3O5S. The van der Waals surface area contributed by atoms with Crippen LogP contribution in [0.4, 0.5) is 5.69 Å². The van der Waals surface area contributed by atoms with Gasteiger partial charge < -0.3 is 14.8 Å². The number of thiazole rings is 1. The summed E-state index contributed by atoms with van der Waals surface area (Å²) >= 11 is 1.77. The lowest BCUT2D eigenvalue weighted by Gasteiger charge is -2.18. The van der Waals surface area contributed by atoms with Crippen LogP contribution in [0.15, 0.2) is 12.1 Å². The fraction of sp³-hybridized carbons (Fsp3) is 0.474. The molecule has 1 amide bonds. The Morgan fingerprint density at radius 2 is 1.96 bits per heavy atom. The van der Waals surface area contributed by atoms with Gasteiger partial charge in [-0.3, -0.25) is 14.9 Å². The number of amides is 1. The summed E-state index contributed by atoms with van der Waals surface area (Å²) in [6.45, 7) is 1.11. The minimum absolute atomic E-state index is 0.0148. The number of hydrogen-bond acceptors (Lipinski definition) is 7. The number of rotatable bonds is 6. The first kappa shape index (κ1) is 18.7. The van der Waals surface area contributed by atoms with Crippen LogP contribution in [0.5, 0.6) is 11.5 Å². The van der Waals surface area contributed by atoms with Crippen LogP contribution in [-0.4, -0.2) is 35.6 Å². The van der Waals surface area contributed by atoms with E-state index in [1.165, 1.54) is 35.5 Å². The number of nitrogens with zero attached hydrogens (tertiary/aromatic N) is 2. The summed E-state index contributed by atoms with van der Waals surface area (Å²) in [6.07, 6.45) is 6.16. The van der Waals surface area contributed by atoms with Crippen LogP contribution < -0.4 is 14.8 Å². The quantitative estimate of drug-likeness (QED) is 0.452. The maximum absolute atomic E-state index is 12.5. The van der Waals surface area contributed by atoms with Gasteiger partial charge in [0, 0.05) is 23.9 Å². The molecule has 0 radical (unpaired) electrons. The number of ether oxygens (including phenoxy) is 2. The second-order valence-corrected chi connectivity index (χ2v) is 7.98. The second kappa shape index (κ2) is 8.14. The molecule has 1 aliphatic carbocycles. The maximum atomic E-state index is 12.5. The molecule has 28 heavy (non-hydrogen) atoms. The summed E-state index contributed by atoms with van der Waals surface area (Å²) in [7, 11) is 0. The molecule has 1 aromatic heterocycles. The van der Waals surface area contributed by atoms with E-state index < -0.39 is 10.8 Å². The van der Waals surface area contributed by atoms with E-state index in [9.17, 15) is 14.9 Å². The van der Waals surface area contributed by atoms with E-state index in [0.29, 0.717) is 31.3 Å². The molecule has 0 fully saturated rings. The fourth-order valence-electron chi connectivity index (χ4n) is 3.46. The first-order valence-corrected chi connectivity index (χ1v) is 10.3. The Kier molecular flexibility index (Phi) is 5.43. The second-order valence-electron chi connectivity index (χ2n) is 6.81. The zero-order valence-corrected chi connectivity index (χ0v) is 16.2. The number of carbonyl (C=O) groups excluding carboxylic acids is 1. The van der Waals surface area contributed by atoms with Crippen LogP contribution in [0.2, 0.25) is 0 Å². The average Bonchev–Trinajstić information content (AvgIpc) is 3.13. The molecule has 8 nitrogen and oxygen atoms in total. The van der Waals surface area contributed by atoms with Crippen LogP contribution >= 0.6 is 11.3 Å². The van der Waals surface area contributed by atoms with E-state index in [1.54, 1.807) is 11.3 Å². The van der Waals surface area contributed by atoms with Crippen molar-refractivity contribution in [1.29, 1.82) is 0 Å². The van der Waals surface area contributed by atoms with Crippen molar-refractivity contribution in [2.75, 3.05) is 19.8 Å². The molecule has 0 atom stereocenters. The molecule has 0 spiro atoms. The highest BCUT2D eigenvalue weighted by Gasteiger charge is 2.26. The molecule has 0 saturated heterocycles. The third kappa shape index (κ3) is 3.94.